The van der Waals surface area contributed by atoms with Gasteiger partial charge < -0.3 is 9.47 Å². The predicted octanol–water partition coefficient (Wildman–Crippen LogP) is 4.32. The van der Waals surface area contributed by atoms with Crippen molar-refractivity contribution in [1.82, 2.24) is 24.8 Å². The first kappa shape index (κ1) is 23.3. The molecular weight excluding hydrogens is 460 g/mol. The number of fused-ring (bicyclic) bond motifs is 1. The maximum Gasteiger partial charge on any atom is 0.316 e. The van der Waals surface area contributed by atoms with Gasteiger partial charge in [-0.1, -0.05) is 24.3 Å². The van der Waals surface area contributed by atoms with Crippen molar-refractivity contribution in [2.24, 2.45) is 0 Å². The molecule has 4 aromatic rings. The zero-order chi connectivity index (χ0) is 24.2. The van der Waals surface area contributed by atoms with Crippen LogP contribution in [0.2, 0.25) is 0 Å². The summed E-state index contributed by atoms with van der Waals surface area (Å²) in [5, 5.41) is 10.5. The first-order valence-electron chi connectivity index (χ1n) is 11.6. The molecule has 178 valence electrons. The van der Waals surface area contributed by atoms with E-state index in [1.54, 1.807) is 24.7 Å². The van der Waals surface area contributed by atoms with Crippen LogP contribution in [0.5, 0.6) is 6.01 Å². The van der Waals surface area contributed by atoms with Gasteiger partial charge in [-0.3, -0.25) is 9.88 Å². The van der Waals surface area contributed by atoms with Crippen LogP contribution >= 0.6 is 11.3 Å². The summed E-state index contributed by atoms with van der Waals surface area (Å²) < 4.78 is 12.7. The molecule has 3 atom stereocenters. The second kappa shape index (κ2) is 10.4. The van der Waals surface area contributed by atoms with E-state index in [0.717, 1.165) is 35.4 Å². The van der Waals surface area contributed by atoms with Gasteiger partial charge in [0.2, 0.25) is 0 Å². The van der Waals surface area contributed by atoms with Crippen LogP contribution in [0.1, 0.15) is 41.6 Å². The smallest absolute Gasteiger partial charge is 0.316 e. The van der Waals surface area contributed by atoms with Crippen molar-refractivity contribution in [2.45, 2.75) is 45.1 Å². The van der Waals surface area contributed by atoms with E-state index in [4.69, 9.17) is 9.47 Å². The summed E-state index contributed by atoms with van der Waals surface area (Å²) in [5.74, 6) is -0.598. The lowest BCUT2D eigenvalue weighted by Gasteiger charge is -2.35. The van der Waals surface area contributed by atoms with Gasteiger partial charge in [0.05, 0.1) is 40.4 Å². The molecule has 0 aliphatic carbocycles. The Labute approximate surface area is 208 Å². The molecule has 35 heavy (non-hydrogen) atoms. The van der Waals surface area contributed by atoms with Gasteiger partial charge in [0, 0.05) is 32.0 Å². The Morgan fingerprint density at radius 3 is 2.77 bits per heavy atom. The molecular formula is C26H26N6O2S. The minimum absolute atomic E-state index is 0.242. The van der Waals surface area contributed by atoms with Gasteiger partial charge in [0.1, 0.15) is 17.5 Å². The van der Waals surface area contributed by atoms with Gasteiger partial charge >= 0.3 is 6.01 Å². The number of aromatic nitrogens is 4. The number of nitriles is 1. The molecule has 5 rings (SSSR count). The largest absolute Gasteiger partial charge is 0.459 e. The lowest BCUT2D eigenvalue weighted by molar-refractivity contribution is -0.0704. The second-order valence-corrected chi connectivity index (χ2v) is 9.84. The quantitative estimate of drug-likeness (QED) is 0.381. The van der Waals surface area contributed by atoms with Gasteiger partial charge in [-0.15, -0.1) is 11.3 Å². The van der Waals surface area contributed by atoms with E-state index in [2.05, 4.69) is 56.9 Å². The molecule has 1 fully saturated rings. The Hall–Kier alpha value is -3.45. The molecule has 4 heterocycles. The number of hydrogen-bond donors (Lipinski definition) is 0. The molecule has 0 N–H and O–H groups in total. The fourth-order valence-corrected chi connectivity index (χ4v) is 5.38. The van der Waals surface area contributed by atoms with Gasteiger partial charge in [-0.2, -0.15) is 10.2 Å². The Kier molecular flexibility index (Phi) is 6.95. The molecule has 0 amide bonds. The number of pyridine rings is 1. The number of nitrogens with zero attached hydrogens (tertiary/aromatic N) is 6. The SMILES string of the molecule is CC1CN(Cc2cccc(COc3nccc(C(C#N)c4nc5cnccc5s4)n3)c2)CC(C)O1. The van der Waals surface area contributed by atoms with Crippen molar-refractivity contribution in [2.75, 3.05) is 13.1 Å². The van der Waals surface area contributed by atoms with Gasteiger partial charge in [-0.05, 0) is 37.1 Å². The van der Waals surface area contributed by atoms with Crippen LogP contribution in [0, 0.1) is 11.3 Å². The van der Waals surface area contributed by atoms with Crippen molar-refractivity contribution in [3.63, 3.8) is 0 Å². The number of hydrogen-bond acceptors (Lipinski definition) is 9. The molecule has 0 bridgehead atoms. The molecule has 0 spiro atoms. The van der Waals surface area contributed by atoms with E-state index >= 15 is 0 Å². The summed E-state index contributed by atoms with van der Waals surface area (Å²) in [7, 11) is 0. The van der Waals surface area contributed by atoms with E-state index in [0.29, 0.717) is 17.3 Å². The van der Waals surface area contributed by atoms with Crippen LogP contribution < -0.4 is 4.74 Å². The Balaban J connectivity index is 1.26. The van der Waals surface area contributed by atoms with Gasteiger partial charge in [0.25, 0.3) is 0 Å². The fourth-order valence-electron chi connectivity index (χ4n) is 4.39. The summed E-state index contributed by atoms with van der Waals surface area (Å²) >= 11 is 1.47. The molecule has 1 aliphatic heterocycles. The Bertz CT molecular complexity index is 1310. The normalized spacial score (nSPS) is 19.3. The number of rotatable bonds is 7. The third-order valence-corrected chi connectivity index (χ3v) is 6.90. The van der Waals surface area contributed by atoms with Crippen LogP contribution in [0.4, 0.5) is 0 Å². The third-order valence-electron chi connectivity index (χ3n) is 5.79. The van der Waals surface area contributed by atoms with Gasteiger partial charge in [-0.25, -0.2) is 9.97 Å². The zero-order valence-corrected chi connectivity index (χ0v) is 20.5. The summed E-state index contributed by atoms with van der Waals surface area (Å²) in [6, 6.07) is 14.6. The predicted molar refractivity (Wildman–Crippen MR) is 133 cm³/mol. The summed E-state index contributed by atoms with van der Waals surface area (Å²) in [4.78, 5) is 19.9. The van der Waals surface area contributed by atoms with Crippen LogP contribution in [0.15, 0.2) is 55.0 Å². The minimum atomic E-state index is -0.598. The van der Waals surface area contributed by atoms with E-state index < -0.39 is 5.92 Å². The monoisotopic (exact) mass is 486 g/mol. The number of ether oxygens (including phenoxy) is 2. The van der Waals surface area contributed by atoms with Crippen molar-refractivity contribution in [3.05, 3.63) is 76.8 Å². The third kappa shape index (κ3) is 5.62. The fraction of sp³-hybridized carbons (Fsp3) is 0.346. The number of morpholine rings is 1. The molecule has 0 saturated carbocycles. The van der Waals surface area contributed by atoms with Crippen molar-refractivity contribution >= 4 is 21.6 Å². The van der Waals surface area contributed by atoms with Crippen molar-refractivity contribution in [1.29, 1.82) is 5.26 Å². The highest BCUT2D eigenvalue weighted by Crippen LogP contribution is 2.30. The molecule has 1 saturated heterocycles. The lowest BCUT2D eigenvalue weighted by Crippen LogP contribution is -2.44. The second-order valence-electron chi connectivity index (χ2n) is 8.78. The van der Waals surface area contributed by atoms with Crippen LogP contribution in [0.3, 0.4) is 0 Å². The molecule has 3 unspecified atom stereocenters. The van der Waals surface area contributed by atoms with Crippen LogP contribution in [-0.2, 0) is 17.9 Å². The molecule has 1 aliphatic rings. The van der Waals surface area contributed by atoms with E-state index in [1.165, 1.54) is 16.9 Å². The van der Waals surface area contributed by atoms with Crippen LogP contribution in [-0.4, -0.2) is 50.1 Å². The highest BCUT2D eigenvalue weighted by molar-refractivity contribution is 7.18. The van der Waals surface area contributed by atoms with E-state index in [-0.39, 0.29) is 18.2 Å². The van der Waals surface area contributed by atoms with Crippen molar-refractivity contribution < 1.29 is 9.47 Å². The summed E-state index contributed by atoms with van der Waals surface area (Å²) in [6.45, 7) is 7.31. The minimum Gasteiger partial charge on any atom is -0.459 e. The summed E-state index contributed by atoms with van der Waals surface area (Å²) in [5.41, 5.74) is 3.62. The van der Waals surface area contributed by atoms with Crippen LogP contribution in [0.25, 0.3) is 10.2 Å². The number of benzene rings is 1. The van der Waals surface area contributed by atoms with Crippen molar-refractivity contribution in [3.8, 4) is 12.1 Å². The average molecular weight is 487 g/mol. The molecule has 9 heteroatoms. The zero-order valence-electron chi connectivity index (χ0n) is 19.7. The van der Waals surface area contributed by atoms with Gasteiger partial charge in [0.15, 0.2) is 0 Å². The highest BCUT2D eigenvalue weighted by atomic mass is 32.1. The highest BCUT2D eigenvalue weighted by Gasteiger charge is 2.22. The maximum absolute atomic E-state index is 9.84. The average Bonchev–Trinajstić information content (AvgIpc) is 3.27. The Morgan fingerprint density at radius 2 is 1.97 bits per heavy atom. The molecule has 0 radical (unpaired) electrons. The lowest BCUT2D eigenvalue weighted by atomic mass is 10.1. The molecule has 3 aromatic heterocycles. The first-order valence-corrected chi connectivity index (χ1v) is 12.4. The first-order chi connectivity index (χ1) is 17.1. The number of thiazole rings is 1. The standard InChI is InChI=1S/C26H26N6O2S/c1-17-13-32(14-18(2)34-17)15-19-4-3-5-20(10-19)16-33-26-29-9-6-22(31-26)21(11-27)25-30-23-12-28-8-7-24(23)35-25/h3-10,12,17-18,21H,13-16H2,1-2H3. The summed E-state index contributed by atoms with van der Waals surface area (Å²) in [6.07, 6.45) is 5.53. The maximum atomic E-state index is 9.84. The molecule has 8 nitrogen and oxygen atoms in total. The Morgan fingerprint density at radius 1 is 1.14 bits per heavy atom. The molecule has 1 aromatic carbocycles. The van der Waals surface area contributed by atoms with E-state index in [1.807, 2.05) is 18.2 Å². The topological polar surface area (TPSA) is 97.1 Å². The van der Waals surface area contributed by atoms with E-state index in [9.17, 15) is 5.26 Å².